The van der Waals surface area contributed by atoms with Crippen LogP contribution < -0.4 is 5.32 Å². The number of phenolic OH excluding ortho intramolecular Hbond substituents is 1. The van der Waals surface area contributed by atoms with E-state index in [1.165, 1.54) is 0 Å². The molecular weight excluding hydrogens is 375 g/mol. The molecule has 0 aliphatic carbocycles. The second kappa shape index (κ2) is 8.27. The number of benzene rings is 1. The van der Waals surface area contributed by atoms with E-state index in [2.05, 4.69) is 25.4 Å². The van der Waals surface area contributed by atoms with Crippen LogP contribution >= 0.6 is 0 Å². The third-order valence-corrected chi connectivity index (χ3v) is 4.70. The Morgan fingerprint density at radius 2 is 2.07 bits per heavy atom. The first-order chi connectivity index (χ1) is 13.3. The van der Waals surface area contributed by atoms with Gasteiger partial charge in [-0.25, -0.2) is 4.98 Å². The number of aliphatic hydroxyl groups excluding tert-OH is 1. The minimum Gasteiger partial charge on any atom is -0.507 e. The minimum absolute atomic E-state index is 0.106. The predicted molar refractivity (Wildman–Crippen MR) is 96.8 cm³/mol. The Labute approximate surface area is 160 Å². The lowest BCUT2D eigenvalue weighted by atomic mass is 10.1. The number of aryl methyl sites for hydroxylation is 1. The molecule has 3 N–H and O–H groups in total. The first kappa shape index (κ1) is 20.3. The zero-order chi connectivity index (χ0) is 20.3. The van der Waals surface area contributed by atoms with Gasteiger partial charge in [-0.3, -0.25) is 4.90 Å². The highest BCUT2D eigenvalue weighted by Crippen LogP contribution is 2.36. The number of phenols is 1. The summed E-state index contributed by atoms with van der Waals surface area (Å²) in [5.41, 5.74) is -0.128. The van der Waals surface area contributed by atoms with Gasteiger partial charge in [0.05, 0.1) is 17.9 Å². The Morgan fingerprint density at radius 1 is 1.29 bits per heavy atom. The molecule has 2 aromatic rings. The van der Waals surface area contributed by atoms with E-state index in [4.69, 9.17) is 5.11 Å². The molecule has 0 amide bonds. The molecule has 3 rings (SSSR count). The number of rotatable bonds is 5. The number of alkyl halides is 3. The normalized spacial score (nSPS) is 18.2. The van der Waals surface area contributed by atoms with E-state index in [1.807, 2.05) is 0 Å². The highest BCUT2D eigenvalue weighted by Gasteiger charge is 2.31. The zero-order valence-corrected chi connectivity index (χ0v) is 15.4. The van der Waals surface area contributed by atoms with Gasteiger partial charge >= 0.3 is 6.18 Å². The van der Waals surface area contributed by atoms with Crippen molar-refractivity contribution in [1.82, 2.24) is 20.1 Å². The van der Waals surface area contributed by atoms with Crippen molar-refractivity contribution in [3.8, 4) is 17.0 Å². The fraction of sp³-hybridized carbons (Fsp3) is 0.500. The van der Waals surface area contributed by atoms with Gasteiger partial charge in [-0.2, -0.15) is 13.2 Å². The molecule has 0 saturated carbocycles. The lowest BCUT2D eigenvalue weighted by molar-refractivity contribution is -0.137. The quantitative estimate of drug-likeness (QED) is 0.713. The van der Waals surface area contributed by atoms with E-state index in [9.17, 15) is 18.3 Å². The molecule has 0 unspecified atom stereocenters. The van der Waals surface area contributed by atoms with Gasteiger partial charge in [0.15, 0.2) is 0 Å². The summed E-state index contributed by atoms with van der Waals surface area (Å²) in [6, 6.07) is 2.84. The summed E-state index contributed by atoms with van der Waals surface area (Å²) in [5, 5.41) is 30.4. The maximum atomic E-state index is 12.8. The van der Waals surface area contributed by atoms with Crippen molar-refractivity contribution in [3.63, 3.8) is 0 Å². The van der Waals surface area contributed by atoms with Crippen LogP contribution in [0.3, 0.4) is 0 Å². The number of hydrogen-bond acceptors (Lipinski definition) is 7. The van der Waals surface area contributed by atoms with E-state index in [0.29, 0.717) is 24.3 Å². The second-order valence-corrected chi connectivity index (χ2v) is 6.81. The molecule has 10 heteroatoms. The van der Waals surface area contributed by atoms with E-state index < -0.39 is 17.5 Å². The maximum absolute atomic E-state index is 12.8. The standard InChI is InChI=1S/C18H22F3N5O2/c1-11-16(14-5-4-12(9-15(14)28)18(19,20)21)24-25-17(22-11)23-13-3-2-6-26(10-13)7-8-27/h4-5,9,13,27-28H,2-3,6-8,10H2,1H3,(H,22,23,25)/t13-/m1/s1. The minimum atomic E-state index is -4.54. The van der Waals surface area contributed by atoms with Gasteiger partial charge in [0.1, 0.15) is 11.4 Å². The lowest BCUT2D eigenvalue weighted by Gasteiger charge is -2.32. The van der Waals surface area contributed by atoms with Crippen LogP contribution in [-0.2, 0) is 6.18 Å². The van der Waals surface area contributed by atoms with Crippen LogP contribution in [0.5, 0.6) is 5.75 Å². The number of aromatic hydroxyl groups is 1. The van der Waals surface area contributed by atoms with Gasteiger partial charge in [-0.05, 0) is 44.5 Å². The summed E-state index contributed by atoms with van der Waals surface area (Å²) >= 11 is 0. The Balaban J connectivity index is 1.76. The second-order valence-electron chi connectivity index (χ2n) is 6.81. The number of halogens is 3. The van der Waals surface area contributed by atoms with E-state index in [-0.39, 0.29) is 23.9 Å². The van der Waals surface area contributed by atoms with Gasteiger partial charge in [-0.1, -0.05) is 0 Å². The molecule has 1 aliphatic rings. The maximum Gasteiger partial charge on any atom is 0.416 e. The van der Waals surface area contributed by atoms with Crippen molar-refractivity contribution in [3.05, 3.63) is 29.5 Å². The molecule has 1 aromatic carbocycles. The van der Waals surface area contributed by atoms with E-state index >= 15 is 0 Å². The Morgan fingerprint density at radius 3 is 2.71 bits per heavy atom. The molecule has 0 radical (unpaired) electrons. The van der Waals surface area contributed by atoms with Crippen molar-refractivity contribution in [1.29, 1.82) is 0 Å². The number of β-amino-alcohol motifs (C(OH)–C–C–N with tert-alkyl or cyclic N) is 1. The molecule has 28 heavy (non-hydrogen) atoms. The largest absolute Gasteiger partial charge is 0.507 e. The van der Waals surface area contributed by atoms with Gasteiger partial charge in [0, 0.05) is 24.7 Å². The monoisotopic (exact) mass is 397 g/mol. The SMILES string of the molecule is Cc1nc(N[C@@H]2CCCN(CCO)C2)nnc1-c1ccc(C(F)(F)F)cc1O. The average molecular weight is 397 g/mol. The third kappa shape index (κ3) is 4.68. The van der Waals surface area contributed by atoms with Gasteiger partial charge < -0.3 is 15.5 Å². The highest BCUT2D eigenvalue weighted by atomic mass is 19.4. The molecule has 1 atom stereocenters. The number of nitrogens with zero attached hydrogens (tertiary/aromatic N) is 4. The van der Waals surface area contributed by atoms with Crippen LogP contribution in [0.15, 0.2) is 18.2 Å². The third-order valence-electron chi connectivity index (χ3n) is 4.70. The van der Waals surface area contributed by atoms with Gasteiger partial charge in [0.25, 0.3) is 0 Å². The molecule has 152 valence electrons. The number of anilines is 1. The van der Waals surface area contributed by atoms with Crippen molar-refractivity contribution in [2.75, 3.05) is 31.6 Å². The van der Waals surface area contributed by atoms with Crippen LogP contribution in [0.2, 0.25) is 0 Å². The predicted octanol–water partition coefficient (Wildman–Crippen LogP) is 2.44. The Hall–Kier alpha value is -2.46. The number of hydrogen-bond donors (Lipinski definition) is 3. The fourth-order valence-electron chi connectivity index (χ4n) is 3.32. The summed E-state index contributed by atoms with van der Waals surface area (Å²) in [7, 11) is 0. The van der Waals surface area contributed by atoms with Crippen LogP contribution in [0.1, 0.15) is 24.1 Å². The van der Waals surface area contributed by atoms with Gasteiger partial charge in [0.2, 0.25) is 5.95 Å². The van der Waals surface area contributed by atoms with Crippen molar-refractivity contribution in [2.24, 2.45) is 0 Å². The molecule has 1 saturated heterocycles. The van der Waals surface area contributed by atoms with Crippen LogP contribution in [0.25, 0.3) is 11.3 Å². The number of aliphatic hydroxyl groups is 1. The average Bonchev–Trinajstić information content (AvgIpc) is 2.62. The topological polar surface area (TPSA) is 94.4 Å². The van der Waals surface area contributed by atoms with Gasteiger partial charge in [-0.15, -0.1) is 10.2 Å². The number of piperidine rings is 1. The summed E-state index contributed by atoms with van der Waals surface area (Å²) in [6.45, 7) is 4.07. The molecule has 0 spiro atoms. The lowest BCUT2D eigenvalue weighted by Crippen LogP contribution is -2.43. The smallest absolute Gasteiger partial charge is 0.416 e. The molecule has 7 nitrogen and oxygen atoms in total. The number of nitrogens with one attached hydrogen (secondary N) is 1. The summed E-state index contributed by atoms with van der Waals surface area (Å²) in [4.78, 5) is 6.49. The molecule has 1 aromatic heterocycles. The molecular formula is C18H22F3N5O2. The first-order valence-corrected chi connectivity index (χ1v) is 8.99. The number of aromatic nitrogens is 3. The summed E-state index contributed by atoms with van der Waals surface area (Å²) in [6.07, 6.45) is -2.61. The highest BCUT2D eigenvalue weighted by molar-refractivity contribution is 5.69. The Bertz CT molecular complexity index is 829. The first-order valence-electron chi connectivity index (χ1n) is 8.99. The summed E-state index contributed by atoms with van der Waals surface area (Å²) in [5.74, 6) is -0.204. The van der Waals surface area contributed by atoms with Crippen molar-refractivity contribution >= 4 is 5.95 Å². The fourth-order valence-corrected chi connectivity index (χ4v) is 3.32. The van der Waals surface area contributed by atoms with Crippen molar-refractivity contribution < 1.29 is 23.4 Å². The molecule has 1 aliphatic heterocycles. The number of likely N-dealkylation sites (tertiary alicyclic amines) is 1. The van der Waals surface area contributed by atoms with E-state index in [0.717, 1.165) is 38.1 Å². The van der Waals surface area contributed by atoms with Crippen LogP contribution in [0.4, 0.5) is 19.1 Å². The molecule has 0 bridgehead atoms. The van der Waals surface area contributed by atoms with Crippen LogP contribution in [0, 0.1) is 6.92 Å². The Kier molecular flexibility index (Phi) is 5.99. The van der Waals surface area contributed by atoms with Crippen LogP contribution in [-0.4, -0.2) is 62.6 Å². The van der Waals surface area contributed by atoms with E-state index in [1.54, 1.807) is 6.92 Å². The zero-order valence-electron chi connectivity index (χ0n) is 15.4. The van der Waals surface area contributed by atoms with Crippen molar-refractivity contribution in [2.45, 2.75) is 32.0 Å². The summed E-state index contributed by atoms with van der Waals surface area (Å²) < 4.78 is 38.3. The molecule has 2 heterocycles. The molecule has 1 fully saturated rings.